The highest BCUT2D eigenvalue weighted by Crippen LogP contribution is 2.26. The Morgan fingerprint density at radius 1 is 1.44 bits per heavy atom. The van der Waals surface area contributed by atoms with E-state index in [0.29, 0.717) is 6.42 Å². The molecule has 6 heteroatoms. The Morgan fingerprint density at radius 3 is 3.17 bits per heavy atom. The first kappa shape index (κ1) is 11.3. The summed E-state index contributed by atoms with van der Waals surface area (Å²) in [6.07, 6.45) is 6.24. The summed E-state index contributed by atoms with van der Waals surface area (Å²) in [5, 5.41) is 0. The maximum atomic E-state index is 12.1. The van der Waals surface area contributed by atoms with Gasteiger partial charge in [0.2, 0.25) is 0 Å². The van der Waals surface area contributed by atoms with Crippen LogP contribution >= 0.6 is 0 Å². The Labute approximate surface area is 105 Å². The van der Waals surface area contributed by atoms with Crippen LogP contribution in [0.15, 0.2) is 18.9 Å². The van der Waals surface area contributed by atoms with Crippen LogP contribution in [-0.2, 0) is 4.79 Å². The van der Waals surface area contributed by atoms with Gasteiger partial charge in [0, 0.05) is 19.5 Å². The van der Waals surface area contributed by atoms with Crippen molar-refractivity contribution in [3.63, 3.8) is 0 Å². The zero-order valence-electron chi connectivity index (χ0n) is 10.3. The number of Topliss-reactive ketones (excluding diaryl/α,β-unsaturated/α-hetero) is 1. The number of hydrogen-bond acceptors (Lipinski definition) is 5. The summed E-state index contributed by atoms with van der Waals surface area (Å²) in [6, 6.07) is 0. The molecule has 0 N–H and O–H groups in total. The highest BCUT2D eigenvalue weighted by Gasteiger charge is 2.34. The first-order valence-corrected chi connectivity index (χ1v) is 6.20. The van der Waals surface area contributed by atoms with E-state index in [9.17, 15) is 4.79 Å². The summed E-state index contributed by atoms with van der Waals surface area (Å²) in [5.74, 6) is 0.237. The van der Waals surface area contributed by atoms with Crippen molar-refractivity contribution in [2.45, 2.75) is 25.9 Å². The molecule has 1 aliphatic rings. The molecule has 1 unspecified atom stereocenters. The topological polar surface area (TPSA) is 63.9 Å². The number of aromatic nitrogens is 4. The van der Waals surface area contributed by atoms with E-state index in [2.05, 4.69) is 26.8 Å². The van der Waals surface area contributed by atoms with Crippen molar-refractivity contribution >= 4 is 16.9 Å². The van der Waals surface area contributed by atoms with E-state index in [-0.39, 0.29) is 11.9 Å². The lowest BCUT2D eigenvalue weighted by Crippen LogP contribution is -2.30. The molecule has 3 heterocycles. The predicted octanol–water partition coefficient (Wildman–Crippen LogP) is 1.01. The molecular weight excluding hydrogens is 230 g/mol. The van der Waals surface area contributed by atoms with Gasteiger partial charge in [-0.3, -0.25) is 14.3 Å². The molecule has 0 spiro atoms. The number of ketones is 1. The fourth-order valence-electron chi connectivity index (χ4n) is 2.53. The molecule has 1 atom stereocenters. The molecule has 0 amide bonds. The van der Waals surface area contributed by atoms with Crippen molar-refractivity contribution in [2.24, 2.45) is 0 Å². The second-order valence-electron chi connectivity index (χ2n) is 4.51. The van der Waals surface area contributed by atoms with Crippen molar-refractivity contribution in [1.29, 1.82) is 0 Å². The van der Waals surface area contributed by atoms with E-state index >= 15 is 0 Å². The summed E-state index contributed by atoms with van der Waals surface area (Å²) in [6.45, 7) is 3.86. The number of hydrogen-bond donors (Lipinski definition) is 0. The minimum absolute atomic E-state index is 0.237. The van der Waals surface area contributed by atoms with Crippen LogP contribution in [0.5, 0.6) is 0 Å². The van der Waals surface area contributed by atoms with E-state index in [4.69, 9.17) is 0 Å². The van der Waals surface area contributed by atoms with Crippen LogP contribution in [0, 0.1) is 0 Å². The van der Waals surface area contributed by atoms with E-state index in [1.165, 1.54) is 6.33 Å². The third-order valence-electron chi connectivity index (χ3n) is 3.29. The fourth-order valence-corrected chi connectivity index (χ4v) is 2.53. The van der Waals surface area contributed by atoms with Gasteiger partial charge < -0.3 is 0 Å². The molecule has 94 valence electrons. The number of carbonyl (C=O) groups is 1. The minimum atomic E-state index is -0.246. The lowest BCUT2D eigenvalue weighted by Gasteiger charge is -2.23. The smallest absolute Gasteiger partial charge is 0.171 e. The van der Waals surface area contributed by atoms with Gasteiger partial charge in [-0.1, -0.05) is 6.92 Å². The van der Waals surface area contributed by atoms with Gasteiger partial charge in [-0.05, 0) is 6.42 Å². The number of rotatable bonds is 3. The normalized spacial score (nSPS) is 20.9. The maximum Gasteiger partial charge on any atom is 0.171 e. The second kappa shape index (κ2) is 4.45. The van der Waals surface area contributed by atoms with E-state index in [1.807, 2.05) is 4.57 Å². The van der Waals surface area contributed by atoms with Gasteiger partial charge in [-0.2, -0.15) is 0 Å². The quantitative estimate of drug-likeness (QED) is 0.807. The highest BCUT2D eigenvalue weighted by molar-refractivity contribution is 5.86. The molecule has 0 bridgehead atoms. The summed E-state index contributed by atoms with van der Waals surface area (Å²) in [5.41, 5.74) is 1.46. The van der Waals surface area contributed by atoms with Crippen molar-refractivity contribution in [2.75, 3.05) is 13.1 Å². The molecule has 0 aromatic carbocycles. The molecule has 1 saturated heterocycles. The third kappa shape index (κ3) is 1.69. The van der Waals surface area contributed by atoms with Gasteiger partial charge in [0.15, 0.2) is 11.4 Å². The van der Waals surface area contributed by atoms with Crippen molar-refractivity contribution < 1.29 is 4.79 Å². The van der Waals surface area contributed by atoms with Gasteiger partial charge in [0.05, 0.1) is 12.5 Å². The summed E-state index contributed by atoms with van der Waals surface area (Å²) in [4.78, 5) is 26.7. The SMILES string of the molecule is CCCN1CCC(=O)C1n1cnc2cncnc21. The molecule has 18 heavy (non-hydrogen) atoms. The number of likely N-dealkylation sites (tertiary alicyclic amines) is 1. The fraction of sp³-hybridized carbons (Fsp3) is 0.500. The minimum Gasteiger partial charge on any atom is -0.296 e. The predicted molar refractivity (Wildman–Crippen MR) is 65.8 cm³/mol. The van der Waals surface area contributed by atoms with Crippen LogP contribution in [0.2, 0.25) is 0 Å². The molecule has 2 aromatic rings. The molecule has 0 saturated carbocycles. The molecule has 0 aliphatic carbocycles. The average molecular weight is 245 g/mol. The van der Waals surface area contributed by atoms with Gasteiger partial charge in [0.25, 0.3) is 0 Å². The number of nitrogens with zero attached hydrogens (tertiary/aromatic N) is 5. The van der Waals surface area contributed by atoms with Gasteiger partial charge in [-0.25, -0.2) is 15.0 Å². The monoisotopic (exact) mass is 245 g/mol. The number of carbonyl (C=O) groups excluding carboxylic acids is 1. The Hall–Kier alpha value is -1.82. The second-order valence-corrected chi connectivity index (χ2v) is 4.51. The molecule has 2 aromatic heterocycles. The van der Waals surface area contributed by atoms with Crippen LogP contribution in [0.3, 0.4) is 0 Å². The van der Waals surface area contributed by atoms with Crippen LogP contribution in [0.4, 0.5) is 0 Å². The molecule has 6 nitrogen and oxygen atoms in total. The standard InChI is InChI=1S/C12H15N5O/c1-2-4-16-5-3-10(18)12(16)17-8-15-9-6-13-7-14-11(9)17/h6-8,12H,2-5H2,1H3. The Balaban J connectivity index is 2.04. The summed E-state index contributed by atoms with van der Waals surface area (Å²) in [7, 11) is 0. The Kier molecular flexibility index (Phi) is 2.79. The van der Waals surface area contributed by atoms with Crippen molar-refractivity contribution in [3.8, 4) is 0 Å². The largest absolute Gasteiger partial charge is 0.296 e. The number of imidazole rings is 1. The average Bonchev–Trinajstić information content (AvgIpc) is 2.94. The first-order chi connectivity index (χ1) is 8.81. The Morgan fingerprint density at radius 2 is 2.33 bits per heavy atom. The summed E-state index contributed by atoms with van der Waals surface area (Å²) < 4.78 is 1.86. The van der Waals surface area contributed by atoms with E-state index < -0.39 is 0 Å². The Bertz CT molecular complexity index is 579. The zero-order valence-corrected chi connectivity index (χ0v) is 10.3. The van der Waals surface area contributed by atoms with Crippen LogP contribution in [0.1, 0.15) is 25.9 Å². The van der Waals surface area contributed by atoms with Crippen LogP contribution in [0.25, 0.3) is 11.2 Å². The van der Waals surface area contributed by atoms with Crippen LogP contribution in [-0.4, -0.2) is 43.3 Å². The molecule has 1 aliphatic heterocycles. The van der Waals surface area contributed by atoms with Crippen molar-refractivity contribution in [3.05, 3.63) is 18.9 Å². The zero-order chi connectivity index (χ0) is 12.5. The van der Waals surface area contributed by atoms with E-state index in [0.717, 1.165) is 30.7 Å². The maximum absolute atomic E-state index is 12.1. The highest BCUT2D eigenvalue weighted by atomic mass is 16.1. The number of fused-ring (bicyclic) bond motifs is 1. The lowest BCUT2D eigenvalue weighted by molar-refractivity contribution is -0.122. The molecule has 3 rings (SSSR count). The van der Waals surface area contributed by atoms with Gasteiger partial charge in [0.1, 0.15) is 18.0 Å². The van der Waals surface area contributed by atoms with Gasteiger partial charge in [-0.15, -0.1) is 0 Å². The third-order valence-corrected chi connectivity index (χ3v) is 3.29. The van der Waals surface area contributed by atoms with E-state index in [1.54, 1.807) is 12.5 Å². The van der Waals surface area contributed by atoms with Crippen LogP contribution < -0.4 is 0 Å². The first-order valence-electron chi connectivity index (χ1n) is 6.20. The molecular formula is C12H15N5O. The van der Waals surface area contributed by atoms with Gasteiger partial charge >= 0.3 is 0 Å². The summed E-state index contributed by atoms with van der Waals surface area (Å²) >= 11 is 0. The van der Waals surface area contributed by atoms with Crippen molar-refractivity contribution in [1.82, 2.24) is 24.4 Å². The lowest BCUT2D eigenvalue weighted by atomic mass is 10.3. The molecule has 1 fully saturated rings. The molecule has 0 radical (unpaired) electrons.